The molecule has 3 N–H and O–H groups in total. The van der Waals surface area contributed by atoms with Crippen LogP contribution < -0.4 is 0 Å². The van der Waals surface area contributed by atoms with Gasteiger partial charge >= 0.3 is 5.97 Å². The molecule has 5 nitrogen and oxygen atoms in total. The second-order valence-electron chi connectivity index (χ2n) is 5.71. The summed E-state index contributed by atoms with van der Waals surface area (Å²) in [5, 5.41) is 32.0. The molecular weight excluding hydrogens is 308 g/mol. The van der Waals surface area contributed by atoms with E-state index in [1.165, 1.54) is 19.3 Å². The first-order chi connectivity index (χ1) is 11.5. The van der Waals surface area contributed by atoms with Crippen LogP contribution in [0.2, 0.25) is 0 Å². The highest BCUT2D eigenvalue weighted by molar-refractivity contribution is 5.99. The predicted molar refractivity (Wildman–Crippen MR) is 90.8 cm³/mol. The van der Waals surface area contributed by atoms with Gasteiger partial charge in [-0.25, -0.2) is 4.79 Å². The van der Waals surface area contributed by atoms with Crippen molar-refractivity contribution in [2.45, 2.75) is 19.3 Å². The van der Waals surface area contributed by atoms with Gasteiger partial charge in [-0.2, -0.15) is 0 Å². The monoisotopic (exact) mass is 326 g/mol. The first-order valence-electron chi connectivity index (χ1n) is 7.68. The van der Waals surface area contributed by atoms with Crippen molar-refractivity contribution in [1.29, 1.82) is 0 Å². The fourth-order valence-corrected chi connectivity index (χ4v) is 3.00. The molecule has 2 aromatic carbocycles. The number of phenols is 2. The first-order valence-corrected chi connectivity index (χ1v) is 7.68. The van der Waals surface area contributed by atoms with Gasteiger partial charge in [-0.15, -0.1) is 0 Å². The summed E-state index contributed by atoms with van der Waals surface area (Å²) in [5.41, 5.74) is 1.19. The molecule has 2 aromatic rings. The number of ether oxygens (including phenoxy) is 1. The van der Waals surface area contributed by atoms with Crippen LogP contribution in [-0.4, -0.2) is 28.4 Å². The molecule has 1 aliphatic rings. The molecule has 0 unspecified atom stereocenters. The summed E-state index contributed by atoms with van der Waals surface area (Å²) in [6.07, 6.45) is 3.04. The third-order valence-electron chi connectivity index (χ3n) is 4.23. The molecule has 0 bridgehead atoms. The van der Waals surface area contributed by atoms with E-state index in [0.717, 1.165) is 0 Å². The number of aliphatic hydroxyl groups excluding tert-OH is 1. The number of methoxy groups -OCH3 is 1. The number of hydrogen-bond donors (Lipinski definition) is 3. The molecule has 0 heterocycles. The summed E-state index contributed by atoms with van der Waals surface area (Å²) in [5.74, 6) is -0.561. The number of carbonyl (C=O) groups is 1. The molecule has 0 amide bonds. The van der Waals surface area contributed by atoms with Gasteiger partial charge in [-0.05, 0) is 30.6 Å². The Labute approximate surface area is 139 Å². The number of benzene rings is 2. The van der Waals surface area contributed by atoms with Crippen molar-refractivity contribution < 1.29 is 24.9 Å². The van der Waals surface area contributed by atoms with E-state index in [2.05, 4.69) is 0 Å². The van der Waals surface area contributed by atoms with Crippen molar-refractivity contribution >= 4 is 22.3 Å². The third kappa shape index (κ3) is 2.69. The van der Waals surface area contributed by atoms with Crippen LogP contribution >= 0.6 is 0 Å². The Kier molecular flexibility index (Phi) is 4.16. The van der Waals surface area contributed by atoms with Crippen molar-refractivity contribution in [3.05, 3.63) is 53.3 Å². The van der Waals surface area contributed by atoms with Gasteiger partial charge in [0, 0.05) is 22.8 Å². The summed E-state index contributed by atoms with van der Waals surface area (Å²) < 4.78 is 4.71. The second-order valence-corrected chi connectivity index (χ2v) is 5.71. The maximum atomic E-state index is 11.9. The van der Waals surface area contributed by atoms with E-state index in [1.54, 1.807) is 24.3 Å². The van der Waals surface area contributed by atoms with Gasteiger partial charge < -0.3 is 20.1 Å². The molecule has 0 saturated carbocycles. The van der Waals surface area contributed by atoms with E-state index in [-0.39, 0.29) is 22.8 Å². The lowest BCUT2D eigenvalue weighted by Gasteiger charge is -2.12. The van der Waals surface area contributed by atoms with Crippen molar-refractivity contribution in [3.8, 4) is 11.5 Å². The molecule has 3 rings (SSSR count). The average molecular weight is 326 g/mol. The number of hydrogen-bond acceptors (Lipinski definition) is 5. The molecule has 0 spiro atoms. The normalized spacial score (nSPS) is 15.1. The van der Waals surface area contributed by atoms with E-state index in [4.69, 9.17) is 4.74 Å². The van der Waals surface area contributed by atoms with Crippen LogP contribution in [0.15, 0.2) is 47.7 Å². The zero-order chi connectivity index (χ0) is 17.3. The number of carbonyl (C=O) groups excluding carboxylic acids is 1. The topological polar surface area (TPSA) is 87.0 Å². The van der Waals surface area contributed by atoms with Crippen molar-refractivity contribution in [2.75, 3.05) is 7.11 Å². The van der Waals surface area contributed by atoms with E-state index in [9.17, 15) is 20.1 Å². The number of esters is 1. The number of phenolic OH excluding ortho intramolecular Hbond substituents is 2. The van der Waals surface area contributed by atoms with E-state index >= 15 is 0 Å². The smallest absolute Gasteiger partial charge is 0.341 e. The SMILES string of the molecule is COC(=O)C1=C(O)CCCC(c2cc(O)c3ccccc3c2O)=C1. The summed E-state index contributed by atoms with van der Waals surface area (Å²) in [6, 6.07) is 8.49. The van der Waals surface area contributed by atoms with E-state index < -0.39 is 5.97 Å². The van der Waals surface area contributed by atoms with Gasteiger partial charge in [0.05, 0.1) is 12.7 Å². The number of fused-ring (bicyclic) bond motifs is 1. The fraction of sp³-hybridized carbons (Fsp3) is 0.211. The van der Waals surface area contributed by atoms with Gasteiger partial charge in [-0.1, -0.05) is 24.3 Å². The Morgan fingerprint density at radius 1 is 1.08 bits per heavy atom. The molecule has 0 saturated heterocycles. The Morgan fingerprint density at radius 3 is 2.50 bits per heavy atom. The van der Waals surface area contributed by atoms with Gasteiger partial charge in [0.2, 0.25) is 0 Å². The maximum Gasteiger partial charge on any atom is 0.341 e. The molecular formula is C19H18O5. The lowest BCUT2D eigenvalue weighted by atomic mass is 9.95. The molecule has 1 aliphatic carbocycles. The summed E-state index contributed by atoms with van der Waals surface area (Å²) >= 11 is 0. The maximum absolute atomic E-state index is 11.9. The minimum Gasteiger partial charge on any atom is -0.511 e. The summed E-state index contributed by atoms with van der Waals surface area (Å²) in [6.45, 7) is 0. The molecule has 0 aliphatic heterocycles. The lowest BCUT2D eigenvalue weighted by molar-refractivity contribution is -0.135. The second kappa shape index (κ2) is 6.28. The minimum atomic E-state index is -0.628. The zero-order valence-electron chi connectivity index (χ0n) is 13.2. The number of allylic oxidation sites excluding steroid dienone is 2. The average Bonchev–Trinajstić information content (AvgIpc) is 2.79. The number of rotatable bonds is 2. The van der Waals surface area contributed by atoms with Gasteiger partial charge in [0.1, 0.15) is 17.3 Å². The molecule has 0 fully saturated rings. The Balaban J connectivity index is 2.19. The number of aromatic hydroxyl groups is 2. The summed E-state index contributed by atoms with van der Waals surface area (Å²) in [7, 11) is 1.25. The molecule has 0 radical (unpaired) electrons. The van der Waals surface area contributed by atoms with E-state index in [0.29, 0.717) is 41.2 Å². The van der Waals surface area contributed by atoms with Crippen molar-refractivity contribution in [2.24, 2.45) is 0 Å². The van der Waals surface area contributed by atoms with Crippen molar-refractivity contribution in [3.63, 3.8) is 0 Å². The van der Waals surface area contributed by atoms with Crippen LogP contribution in [0.4, 0.5) is 0 Å². The molecule has 0 atom stereocenters. The Bertz CT molecular complexity index is 877. The molecule has 24 heavy (non-hydrogen) atoms. The molecule has 124 valence electrons. The fourth-order valence-electron chi connectivity index (χ4n) is 3.00. The minimum absolute atomic E-state index is 0.0265. The van der Waals surface area contributed by atoms with Gasteiger partial charge in [-0.3, -0.25) is 0 Å². The lowest BCUT2D eigenvalue weighted by Crippen LogP contribution is -2.05. The zero-order valence-corrected chi connectivity index (χ0v) is 13.2. The van der Waals surface area contributed by atoms with E-state index in [1.807, 2.05) is 0 Å². The number of aliphatic hydroxyl groups is 1. The van der Waals surface area contributed by atoms with Gasteiger partial charge in [0.15, 0.2) is 0 Å². The van der Waals surface area contributed by atoms with Crippen LogP contribution in [0.5, 0.6) is 11.5 Å². The largest absolute Gasteiger partial charge is 0.511 e. The Morgan fingerprint density at radius 2 is 1.79 bits per heavy atom. The summed E-state index contributed by atoms with van der Waals surface area (Å²) in [4.78, 5) is 11.9. The van der Waals surface area contributed by atoms with Crippen molar-refractivity contribution in [1.82, 2.24) is 0 Å². The van der Waals surface area contributed by atoms with Crippen LogP contribution in [0.3, 0.4) is 0 Å². The standard InChI is InChI=1S/C19H18O5/c1-24-19(23)15-9-11(5-4-8-16(15)20)14-10-17(21)12-6-2-3-7-13(12)18(14)22/h2-3,6-7,9-10,20-22H,4-5,8H2,1H3. The highest BCUT2D eigenvalue weighted by Gasteiger charge is 2.21. The van der Waals surface area contributed by atoms with Gasteiger partial charge in [0.25, 0.3) is 0 Å². The quantitative estimate of drug-likeness (QED) is 0.577. The highest BCUT2D eigenvalue weighted by atomic mass is 16.5. The van der Waals surface area contributed by atoms with Crippen LogP contribution in [0.1, 0.15) is 24.8 Å². The molecule has 0 aromatic heterocycles. The Hall–Kier alpha value is -2.95. The first kappa shape index (κ1) is 15.9. The van der Waals surface area contributed by atoms with Crippen LogP contribution in [-0.2, 0) is 9.53 Å². The highest BCUT2D eigenvalue weighted by Crippen LogP contribution is 2.41. The van der Waals surface area contributed by atoms with Crippen LogP contribution in [0.25, 0.3) is 16.3 Å². The van der Waals surface area contributed by atoms with Crippen LogP contribution in [0, 0.1) is 0 Å². The third-order valence-corrected chi connectivity index (χ3v) is 4.23. The predicted octanol–water partition coefficient (Wildman–Crippen LogP) is 3.80. The molecule has 5 heteroatoms.